The van der Waals surface area contributed by atoms with Crippen molar-refractivity contribution in [1.29, 1.82) is 0 Å². The van der Waals surface area contributed by atoms with Crippen molar-refractivity contribution < 1.29 is 18.9 Å². The van der Waals surface area contributed by atoms with Crippen molar-refractivity contribution in [3.63, 3.8) is 0 Å². The third-order valence-electron chi connectivity index (χ3n) is 4.90. The summed E-state index contributed by atoms with van der Waals surface area (Å²) in [7, 11) is 4.80. The van der Waals surface area contributed by atoms with E-state index < -0.39 is 0 Å². The monoisotopic (exact) mass is 467 g/mol. The molecule has 0 amide bonds. The van der Waals surface area contributed by atoms with Crippen LogP contribution in [0.5, 0.6) is 23.0 Å². The Morgan fingerprint density at radius 3 is 2.15 bits per heavy atom. The van der Waals surface area contributed by atoms with Gasteiger partial charge >= 0.3 is 0 Å². The molecule has 0 aliphatic heterocycles. The maximum atomic E-state index is 5.79. The first kappa shape index (κ1) is 24.1. The number of hydrogen-bond donors (Lipinski definition) is 1. The minimum absolute atomic E-state index is 0.522. The molecule has 3 aromatic rings. The molecule has 0 saturated heterocycles. The molecule has 0 aliphatic rings. The van der Waals surface area contributed by atoms with Gasteiger partial charge in [0.15, 0.2) is 16.6 Å². The number of nitrogens with zero attached hydrogens (tertiary/aromatic N) is 2. The van der Waals surface area contributed by atoms with Crippen molar-refractivity contribution in [2.45, 2.75) is 20.0 Å². The highest BCUT2D eigenvalue weighted by Gasteiger charge is 2.17. The molecule has 7 nitrogen and oxygen atoms in total. The van der Waals surface area contributed by atoms with E-state index in [9.17, 15) is 0 Å². The summed E-state index contributed by atoms with van der Waals surface area (Å²) in [6, 6.07) is 15.5. The fraction of sp³-hybridized carbons (Fsp3) is 0.280. The number of anilines is 1. The number of ether oxygens (including phenoxy) is 4. The van der Waals surface area contributed by atoms with E-state index in [1.807, 2.05) is 61.7 Å². The first-order valence-corrected chi connectivity index (χ1v) is 10.9. The van der Waals surface area contributed by atoms with Crippen LogP contribution in [0.25, 0.3) is 0 Å². The van der Waals surface area contributed by atoms with Crippen molar-refractivity contribution in [3.05, 3.63) is 72.1 Å². The third kappa shape index (κ3) is 6.49. The van der Waals surface area contributed by atoms with E-state index in [-0.39, 0.29) is 0 Å². The van der Waals surface area contributed by atoms with Crippen LogP contribution in [0, 0.1) is 0 Å². The summed E-state index contributed by atoms with van der Waals surface area (Å²) >= 11 is 5.79. The van der Waals surface area contributed by atoms with E-state index in [1.54, 1.807) is 27.5 Å². The second-order valence-electron chi connectivity index (χ2n) is 7.14. The Kier molecular flexibility index (Phi) is 8.71. The molecule has 0 spiro atoms. The largest absolute Gasteiger partial charge is 0.494 e. The summed E-state index contributed by atoms with van der Waals surface area (Å²) in [5, 5.41) is 3.91. The molecule has 0 fully saturated rings. The van der Waals surface area contributed by atoms with E-state index in [1.165, 1.54) is 0 Å². The molecule has 3 rings (SSSR count). The van der Waals surface area contributed by atoms with Crippen molar-refractivity contribution in [3.8, 4) is 23.0 Å². The fourth-order valence-electron chi connectivity index (χ4n) is 3.36. The topological polar surface area (TPSA) is 65.1 Å². The summed E-state index contributed by atoms with van der Waals surface area (Å²) in [5.74, 6) is 2.56. The number of pyridine rings is 1. The Hall–Kier alpha value is -3.52. The molecule has 0 radical (unpaired) electrons. The lowest BCUT2D eigenvalue weighted by molar-refractivity contribution is 0.322. The summed E-state index contributed by atoms with van der Waals surface area (Å²) in [6.45, 7) is 3.68. The Bertz CT molecular complexity index is 1020. The fourth-order valence-corrected chi connectivity index (χ4v) is 3.61. The van der Waals surface area contributed by atoms with Crippen molar-refractivity contribution >= 4 is 23.0 Å². The van der Waals surface area contributed by atoms with Crippen LogP contribution in [0.1, 0.15) is 18.1 Å². The number of methoxy groups -OCH3 is 3. The normalized spacial score (nSPS) is 10.3. The molecule has 33 heavy (non-hydrogen) atoms. The molecular formula is C25H29N3O4S. The van der Waals surface area contributed by atoms with Gasteiger partial charge in [0.2, 0.25) is 5.75 Å². The zero-order chi connectivity index (χ0) is 23.6. The Balaban J connectivity index is 1.85. The van der Waals surface area contributed by atoms with E-state index in [4.69, 9.17) is 31.2 Å². The van der Waals surface area contributed by atoms with Crippen LogP contribution < -0.4 is 24.3 Å². The van der Waals surface area contributed by atoms with Crippen LogP contribution in [0.15, 0.2) is 60.9 Å². The molecule has 8 heteroatoms. The molecule has 0 bridgehead atoms. The summed E-state index contributed by atoms with van der Waals surface area (Å²) in [6.07, 6.45) is 3.59. The number of hydrogen-bond acceptors (Lipinski definition) is 6. The molecule has 174 valence electrons. The first-order valence-electron chi connectivity index (χ1n) is 10.5. The van der Waals surface area contributed by atoms with Gasteiger partial charge < -0.3 is 29.2 Å². The second kappa shape index (κ2) is 11.9. The number of nitrogens with one attached hydrogen (secondary N) is 1. The molecule has 0 unspecified atom stereocenters. The maximum absolute atomic E-state index is 5.79. The minimum atomic E-state index is 0.522. The summed E-state index contributed by atoms with van der Waals surface area (Å²) < 4.78 is 22.0. The van der Waals surface area contributed by atoms with Gasteiger partial charge in [-0.05, 0) is 72.7 Å². The molecule has 0 aliphatic carbocycles. The highest BCUT2D eigenvalue weighted by atomic mass is 32.1. The van der Waals surface area contributed by atoms with Crippen molar-refractivity contribution in [2.24, 2.45) is 0 Å². The number of thiocarbonyl (C=S) groups is 1. The van der Waals surface area contributed by atoms with Crippen LogP contribution in [-0.2, 0) is 13.1 Å². The van der Waals surface area contributed by atoms with E-state index in [0.29, 0.717) is 42.1 Å². The standard InChI is InChI=1S/C25H29N3O4S/c1-5-32-21-10-8-20(9-11-21)27-25(33)28(16-18-7-6-12-26-15-18)17-19-13-22(29-2)24(31-4)23(14-19)30-3/h6-15H,5,16-17H2,1-4H3,(H,27,33). The lowest BCUT2D eigenvalue weighted by atomic mass is 10.1. The highest BCUT2D eigenvalue weighted by molar-refractivity contribution is 7.80. The van der Waals surface area contributed by atoms with Crippen LogP contribution in [0.4, 0.5) is 5.69 Å². The molecule has 0 saturated carbocycles. The van der Waals surface area contributed by atoms with Crippen LogP contribution in [0.2, 0.25) is 0 Å². The third-order valence-corrected chi connectivity index (χ3v) is 5.26. The van der Waals surface area contributed by atoms with Gasteiger partial charge in [-0.2, -0.15) is 0 Å². The van der Waals surface area contributed by atoms with Crippen LogP contribution >= 0.6 is 12.2 Å². The van der Waals surface area contributed by atoms with E-state index in [2.05, 4.69) is 15.2 Å². The molecular weight excluding hydrogens is 438 g/mol. The van der Waals surface area contributed by atoms with Crippen LogP contribution in [-0.4, -0.2) is 42.9 Å². The van der Waals surface area contributed by atoms with Crippen LogP contribution in [0.3, 0.4) is 0 Å². The molecule has 1 aromatic heterocycles. The van der Waals surface area contributed by atoms with E-state index in [0.717, 1.165) is 22.6 Å². The smallest absolute Gasteiger partial charge is 0.203 e. The van der Waals surface area contributed by atoms with Crippen molar-refractivity contribution in [1.82, 2.24) is 9.88 Å². The van der Waals surface area contributed by atoms with Gasteiger partial charge in [0.05, 0.1) is 27.9 Å². The lowest BCUT2D eigenvalue weighted by Crippen LogP contribution is -2.33. The van der Waals surface area contributed by atoms with Crippen molar-refractivity contribution in [2.75, 3.05) is 33.3 Å². The van der Waals surface area contributed by atoms with Gasteiger partial charge in [-0.3, -0.25) is 4.98 Å². The van der Waals surface area contributed by atoms with Gasteiger partial charge in [0.1, 0.15) is 5.75 Å². The quantitative estimate of drug-likeness (QED) is 0.422. The Morgan fingerprint density at radius 1 is 0.939 bits per heavy atom. The Labute approximate surface area is 200 Å². The zero-order valence-corrected chi connectivity index (χ0v) is 20.1. The Morgan fingerprint density at radius 2 is 1.61 bits per heavy atom. The summed E-state index contributed by atoms with van der Waals surface area (Å²) in [5.41, 5.74) is 2.88. The summed E-state index contributed by atoms with van der Waals surface area (Å²) in [4.78, 5) is 6.29. The average molecular weight is 468 g/mol. The van der Waals surface area contributed by atoms with Gasteiger partial charge in [0.25, 0.3) is 0 Å². The second-order valence-corrected chi connectivity index (χ2v) is 7.53. The molecule has 1 N–H and O–H groups in total. The van der Waals surface area contributed by atoms with Gasteiger partial charge in [-0.1, -0.05) is 6.07 Å². The lowest BCUT2D eigenvalue weighted by Gasteiger charge is -2.27. The zero-order valence-electron chi connectivity index (χ0n) is 19.3. The van der Waals surface area contributed by atoms with Gasteiger partial charge in [0, 0.05) is 31.2 Å². The molecule has 2 aromatic carbocycles. The minimum Gasteiger partial charge on any atom is -0.494 e. The average Bonchev–Trinajstić information content (AvgIpc) is 2.85. The first-order chi connectivity index (χ1) is 16.1. The maximum Gasteiger partial charge on any atom is 0.203 e. The molecule has 0 atom stereocenters. The number of benzene rings is 2. The van der Waals surface area contributed by atoms with Gasteiger partial charge in [-0.15, -0.1) is 0 Å². The number of rotatable bonds is 10. The predicted octanol–water partition coefficient (Wildman–Crippen LogP) is 4.91. The predicted molar refractivity (Wildman–Crippen MR) is 133 cm³/mol. The molecule has 1 heterocycles. The van der Waals surface area contributed by atoms with E-state index >= 15 is 0 Å². The highest BCUT2D eigenvalue weighted by Crippen LogP contribution is 2.38. The van der Waals surface area contributed by atoms with Gasteiger partial charge in [-0.25, -0.2) is 0 Å². The SMILES string of the molecule is CCOc1ccc(NC(=S)N(Cc2cccnc2)Cc2cc(OC)c(OC)c(OC)c2)cc1. The number of aromatic nitrogens is 1.